The minimum absolute atomic E-state index is 0.184. The first-order valence-electron chi connectivity index (χ1n) is 4.68. The van der Waals surface area contributed by atoms with E-state index in [0.717, 1.165) is 4.88 Å². The van der Waals surface area contributed by atoms with E-state index < -0.39 is 5.97 Å². The van der Waals surface area contributed by atoms with Gasteiger partial charge in [-0.2, -0.15) is 5.10 Å². The molecule has 0 aliphatic carbocycles. The van der Waals surface area contributed by atoms with Crippen LogP contribution in [0.2, 0.25) is 0 Å². The normalized spacial score (nSPS) is 10.2. The van der Waals surface area contributed by atoms with Crippen molar-refractivity contribution in [3.63, 3.8) is 0 Å². The van der Waals surface area contributed by atoms with E-state index in [0.29, 0.717) is 12.2 Å². The van der Waals surface area contributed by atoms with Crippen LogP contribution in [0.15, 0.2) is 36.2 Å². The molecule has 0 amide bonds. The lowest BCUT2D eigenvalue weighted by molar-refractivity contribution is 0.0684. The molecule has 82 valence electrons. The predicted molar refractivity (Wildman–Crippen MR) is 62.7 cm³/mol. The van der Waals surface area contributed by atoms with Gasteiger partial charge in [0.1, 0.15) is 11.4 Å². The van der Waals surface area contributed by atoms with Gasteiger partial charge in [0.05, 0.1) is 11.4 Å². The van der Waals surface area contributed by atoms with Gasteiger partial charge >= 0.3 is 5.97 Å². The second kappa shape index (κ2) is 4.32. The van der Waals surface area contributed by atoms with E-state index in [4.69, 9.17) is 5.11 Å². The Morgan fingerprint density at radius 1 is 1.69 bits per heavy atom. The van der Waals surface area contributed by atoms with Crippen LogP contribution in [0, 0.1) is 0 Å². The van der Waals surface area contributed by atoms with E-state index >= 15 is 0 Å². The molecule has 2 aromatic rings. The molecule has 1 N–H and O–H groups in total. The van der Waals surface area contributed by atoms with Crippen molar-refractivity contribution in [1.29, 1.82) is 0 Å². The maximum absolute atomic E-state index is 11.0. The first-order chi connectivity index (χ1) is 7.72. The molecule has 2 rings (SSSR count). The number of aromatic carboxylic acids is 1. The third-order valence-corrected chi connectivity index (χ3v) is 2.97. The number of hydrogen-bond donors (Lipinski definition) is 1. The van der Waals surface area contributed by atoms with Crippen LogP contribution in [0.3, 0.4) is 0 Å². The fourth-order valence-electron chi connectivity index (χ4n) is 1.40. The van der Waals surface area contributed by atoms with Gasteiger partial charge in [-0.1, -0.05) is 12.1 Å². The standard InChI is InChI=1S/C11H10N2O2S/c1-2-5-13-9(11(14)15)7-8(12-13)10-4-3-6-16-10/h2-4,6-7H,1,5H2,(H,14,15). The highest BCUT2D eigenvalue weighted by atomic mass is 32.1. The van der Waals surface area contributed by atoms with Gasteiger partial charge in [0.15, 0.2) is 0 Å². The summed E-state index contributed by atoms with van der Waals surface area (Å²) in [6, 6.07) is 5.40. The van der Waals surface area contributed by atoms with Crippen molar-refractivity contribution in [2.75, 3.05) is 0 Å². The van der Waals surface area contributed by atoms with E-state index in [1.807, 2.05) is 17.5 Å². The monoisotopic (exact) mass is 234 g/mol. The summed E-state index contributed by atoms with van der Waals surface area (Å²) >= 11 is 1.53. The molecule has 4 nitrogen and oxygen atoms in total. The Balaban J connectivity index is 2.46. The maximum Gasteiger partial charge on any atom is 0.354 e. The molecule has 5 heteroatoms. The Kier molecular flexibility index (Phi) is 2.87. The van der Waals surface area contributed by atoms with Crippen LogP contribution in [0.5, 0.6) is 0 Å². The molecule has 0 aliphatic heterocycles. The number of rotatable bonds is 4. The van der Waals surface area contributed by atoms with Crippen molar-refractivity contribution in [3.05, 3.63) is 41.9 Å². The number of thiophene rings is 1. The van der Waals surface area contributed by atoms with E-state index in [2.05, 4.69) is 11.7 Å². The van der Waals surface area contributed by atoms with Crippen LogP contribution in [0.4, 0.5) is 0 Å². The van der Waals surface area contributed by atoms with Crippen LogP contribution in [-0.2, 0) is 6.54 Å². The zero-order chi connectivity index (χ0) is 11.5. The Bertz CT molecular complexity index is 514. The number of carbonyl (C=O) groups is 1. The molecule has 2 aromatic heterocycles. The largest absolute Gasteiger partial charge is 0.477 e. The van der Waals surface area contributed by atoms with Crippen LogP contribution in [0.1, 0.15) is 10.5 Å². The van der Waals surface area contributed by atoms with Gasteiger partial charge in [-0.3, -0.25) is 4.68 Å². The van der Waals surface area contributed by atoms with Crippen molar-refractivity contribution >= 4 is 17.3 Å². The van der Waals surface area contributed by atoms with Crippen LogP contribution >= 0.6 is 11.3 Å². The lowest BCUT2D eigenvalue weighted by Crippen LogP contribution is -2.08. The van der Waals surface area contributed by atoms with Gasteiger partial charge in [-0.15, -0.1) is 17.9 Å². The molecule has 0 aliphatic rings. The zero-order valence-corrected chi connectivity index (χ0v) is 9.28. The highest BCUT2D eigenvalue weighted by molar-refractivity contribution is 7.13. The van der Waals surface area contributed by atoms with E-state index in [-0.39, 0.29) is 5.69 Å². The Morgan fingerprint density at radius 2 is 2.50 bits per heavy atom. The molecule has 0 bridgehead atoms. The average Bonchev–Trinajstić information content (AvgIpc) is 2.83. The van der Waals surface area contributed by atoms with Gasteiger partial charge in [0, 0.05) is 0 Å². The fourth-order valence-corrected chi connectivity index (χ4v) is 2.08. The molecule has 0 fully saturated rings. The first kappa shape index (κ1) is 10.6. The lowest BCUT2D eigenvalue weighted by atomic mass is 10.3. The van der Waals surface area contributed by atoms with Gasteiger partial charge < -0.3 is 5.11 Å². The van der Waals surface area contributed by atoms with Crippen molar-refractivity contribution in [3.8, 4) is 10.6 Å². The smallest absolute Gasteiger partial charge is 0.354 e. The van der Waals surface area contributed by atoms with Crippen LogP contribution < -0.4 is 0 Å². The number of aromatic nitrogens is 2. The topological polar surface area (TPSA) is 55.1 Å². The first-order valence-corrected chi connectivity index (χ1v) is 5.56. The zero-order valence-electron chi connectivity index (χ0n) is 8.46. The fraction of sp³-hybridized carbons (Fsp3) is 0.0909. The van der Waals surface area contributed by atoms with Gasteiger partial charge in [0.25, 0.3) is 0 Å². The van der Waals surface area contributed by atoms with Crippen molar-refractivity contribution < 1.29 is 9.90 Å². The van der Waals surface area contributed by atoms with E-state index in [1.165, 1.54) is 16.0 Å². The Hall–Kier alpha value is -1.88. The maximum atomic E-state index is 11.0. The molecule has 0 unspecified atom stereocenters. The summed E-state index contributed by atoms with van der Waals surface area (Å²) in [5.41, 5.74) is 0.873. The third kappa shape index (κ3) is 1.90. The van der Waals surface area contributed by atoms with Gasteiger partial charge in [0.2, 0.25) is 0 Å². The minimum Gasteiger partial charge on any atom is -0.477 e. The molecule has 0 saturated heterocycles. The highest BCUT2D eigenvalue weighted by Crippen LogP contribution is 2.24. The Morgan fingerprint density at radius 3 is 3.06 bits per heavy atom. The summed E-state index contributed by atoms with van der Waals surface area (Å²) in [7, 11) is 0. The molecule has 0 aromatic carbocycles. The summed E-state index contributed by atoms with van der Waals surface area (Å²) in [6.45, 7) is 3.97. The van der Waals surface area contributed by atoms with Crippen LogP contribution in [-0.4, -0.2) is 20.9 Å². The summed E-state index contributed by atoms with van der Waals surface area (Å²) in [4.78, 5) is 12.0. The molecule has 0 saturated carbocycles. The number of carboxylic acids is 1. The SMILES string of the molecule is C=CCn1nc(-c2cccs2)cc1C(=O)O. The summed E-state index contributed by atoms with van der Waals surface area (Å²) in [6.07, 6.45) is 1.62. The number of allylic oxidation sites excluding steroid dienone is 1. The lowest BCUT2D eigenvalue weighted by Gasteiger charge is -1.98. The van der Waals surface area contributed by atoms with Crippen LogP contribution in [0.25, 0.3) is 10.6 Å². The summed E-state index contributed by atoms with van der Waals surface area (Å²) < 4.78 is 1.43. The summed E-state index contributed by atoms with van der Waals surface area (Å²) in [5, 5.41) is 15.2. The molecule has 0 radical (unpaired) electrons. The predicted octanol–water partition coefficient (Wildman–Crippen LogP) is 2.50. The molecule has 0 atom stereocenters. The van der Waals surface area contributed by atoms with Gasteiger partial charge in [-0.05, 0) is 17.5 Å². The average molecular weight is 234 g/mol. The van der Waals surface area contributed by atoms with Crippen molar-refractivity contribution in [2.24, 2.45) is 0 Å². The molecule has 16 heavy (non-hydrogen) atoms. The number of nitrogens with zero attached hydrogens (tertiary/aromatic N) is 2. The number of carboxylic acid groups (broad SMARTS) is 1. The molecule has 2 heterocycles. The molecular weight excluding hydrogens is 224 g/mol. The quantitative estimate of drug-likeness (QED) is 0.827. The van der Waals surface area contributed by atoms with Gasteiger partial charge in [-0.25, -0.2) is 4.79 Å². The van der Waals surface area contributed by atoms with Crippen molar-refractivity contribution in [2.45, 2.75) is 6.54 Å². The second-order valence-electron chi connectivity index (χ2n) is 3.17. The second-order valence-corrected chi connectivity index (χ2v) is 4.12. The molecular formula is C11H10N2O2S. The highest BCUT2D eigenvalue weighted by Gasteiger charge is 2.14. The third-order valence-electron chi connectivity index (χ3n) is 2.07. The number of hydrogen-bond acceptors (Lipinski definition) is 3. The minimum atomic E-state index is -0.975. The van der Waals surface area contributed by atoms with E-state index in [1.54, 1.807) is 12.1 Å². The molecule has 0 spiro atoms. The van der Waals surface area contributed by atoms with E-state index in [9.17, 15) is 4.79 Å². The Labute approximate surface area is 96.5 Å². The summed E-state index contributed by atoms with van der Waals surface area (Å²) in [5.74, 6) is -0.975. The van der Waals surface area contributed by atoms with Crippen molar-refractivity contribution in [1.82, 2.24) is 9.78 Å².